The quantitative estimate of drug-likeness (QED) is 0.0773. The molecule has 1 aliphatic heterocycles. The van der Waals surface area contributed by atoms with Crippen LogP contribution in [0.5, 0.6) is 5.75 Å². The lowest BCUT2D eigenvalue weighted by molar-refractivity contribution is -0.384. The Morgan fingerprint density at radius 1 is 0.980 bits per heavy atom. The third-order valence-electron chi connectivity index (χ3n) is 8.01. The zero-order valence-electron chi connectivity index (χ0n) is 27.2. The molecule has 50 heavy (non-hydrogen) atoms. The molecule has 254 valence electrons. The molecule has 11 nitrogen and oxygen atoms in total. The van der Waals surface area contributed by atoms with Gasteiger partial charge in [0.25, 0.3) is 11.2 Å². The van der Waals surface area contributed by atoms with Crippen LogP contribution in [0.25, 0.3) is 11.8 Å². The number of nitrogens with zero attached hydrogens (tertiary/aromatic N) is 3. The molecule has 6 rings (SSSR count). The van der Waals surface area contributed by atoms with Crippen LogP contribution in [0, 0.1) is 10.1 Å². The zero-order chi connectivity index (χ0) is 35.6. The highest BCUT2D eigenvalue weighted by Gasteiger charge is 2.35. The van der Waals surface area contributed by atoms with E-state index in [1.807, 2.05) is 54.6 Å². The number of hydrogen-bond acceptors (Lipinski definition) is 10. The normalized spacial score (nSPS) is 14.6. The summed E-state index contributed by atoms with van der Waals surface area (Å²) in [5, 5.41) is 10.9. The summed E-state index contributed by atoms with van der Waals surface area (Å²) in [6.07, 6.45) is 1.66. The first kappa shape index (κ1) is 34.2. The predicted octanol–water partition coefficient (Wildman–Crippen LogP) is 5.73. The molecule has 1 aliphatic rings. The molecular weight excluding hydrogens is 679 g/mol. The highest BCUT2D eigenvalue weighted by Crippen LogP contribution is 2.35. The van der Waals surface area contributed by atoms with E-state index in [4.69, 9.17) is 13.9 Å². The van der Waals surface area contributed by atoms with E-state index in [1.165, 1.54) is 28.0 Å². The van der Waals surface area contributed by atoms with Gasteiger partial charge in [-0.05, 0) is 59.9 Å². The predicted molar refractivity (Wildman–Crippen MR) is 189 cm³/mol. The Kier molecular flexibility index (Phi) is 9.62. The van der Waals surface area contributed by atoms with Gasteiger partial charge in [-0.25, -0.2) is 9.79 Å². The van der Waals surface area contributed by atoms with E-state index in [9.17, 15) is 28.1 Å². The monoisotopic (exact) mass is 709 g/mol. The molecule has 0 unspecified atom stereocenters. The molecule has 0 fully saturated rings. The van der Waals surface area contributed by atoms with Crippen molar-refractivity contribution >= 4 is 44.9 Å². The number of aromatic nitrogens is 1. The molecule has 13 heteroatoms. The minimum atomic E-state index is -4.26. The topological polar surface area (TPSA) is 147 Å². The van der Waals surface area contributed by atoms with Gasteiger partial charge in [-0.1, -0.05) is 91.9 Å². The van der Waals surface area contributed by atoms with Crippen molar-refractivity contribution in [2.75, 3.05) is 6.61 Å². The van der Waals surface area contributed by atoms with Crippen LogP contribution in [0.15, 0.2) is 123 Å². The van der Waals surface area contributed by atoms with E-state index >= 15 is 0 Å². The number of nitro benzene ring substituents is 1. The fraction of sp³-hybridized carbons (Fsp3) is 0.162. The second-order valence-electron chi connectivity index (χ2n) is 11.6. The van der Waals surface area contributed by atoms with Crippen molar-refractivity contribution in [1.82, 2.24) is 4.57 Å². The van der Waals surface area contributed by atoms with Gasteiger partial charge >= 0.3 is 16.1 Å². The van der Waals surface area contributed by atoms with Crippen LogP contribution in [-0.4, -0.2) is 30.5 Å². The van der Waals surface area contributed by atoms with Crippen LogP contribution in [0.4, 0.5) is 5.69 Å². The molecule has 0 saturated carbocycles. The van der Waals surface area contributed by atoms with Crippen molar-refractivity contribution in [1.29, 1.82) is 0 Å². The number of carbonyl (C=O) groups is 1. The second kappa shape index (κ2) is 14.1. The number of benzene rings is 4. The summed E-state index contributed by atoms with van der Waals surface area (Å²) in [6.45, 7) is 6.05. The van der Waals surface area contributed by atoms with Gasteiger partial charge in [0.1, 0.15) is 10.6 Å². The van der Waals surface area contributed by atoms with Crippen molar-refractivity contribution < 1.29 is 27.1 Å². The average Bonchev–Trinajstić information content (AvgIpc) is 3.42. The number of carbonyl (C=O) groups excluding carboxylic acids is 1. The number of fused-ring (bicyclic) bond motifs is 1. The minimum Gasteiger partial charge on any atom is -0.463 e. The molecule has 0 aliphatic carbocycles. The Labute approximate surface area is 291 Å². The number of esters is 1. The lowest BCUT2D eigenvalue weighted by Crippen LogP contribution is -2.40. The molecule has 0 N–H and O–H groups in total. The fourth-order valence-electron chi connectivity index (χ4n) is 5.50. The SMILES string of the molecule is CCOC(=O)C1=C(c2ccccc2)N=c2s/c(=C\c3ccc(OS(=O)(=O)c4ccc([N+](=O)[O-])cc4)cc3)c(=O)n2[C@H]1c1ccc(C(C)C)cc1. The standard InChI is InChI=1S/C37H31N3O8S2/c1-4-47-36(42)32-33(26-8-6-5-7-9-26)38-37-39(34(32)27-14-12-25(13-15-27)23(2)3)35(41)31(49-37)22-24-10-18-29(19-11-24)48-50(45,46)30-20-16-28(17-21-30)40(43)44/h5-23,34H,4H2,1-3H3/b31-22-/t34-/m0/s1. The van der Waals surface area contributed by atoms with Crippen molar-refractivity contribution in [3.63, 3.8) is 0 Å². The summed E-state index contributed by atoms with van der Waals surface area (Å²) >= 11 is 1.17. The molecule has 4 aromatic carbocycles. The first-order valence-electron chi connectivity index (χ1n) is 15.6. The van der Waals surface area contributed by atoms with Gasteiger partial charge in [-0.15, -0.1) is 0 Å². The van der Waals surface area contributed by atoms with Crippen LogP contribution < -0.4 is 19.1 Å². The molecule has 2 heterocycles. The molecular formula is C37H31N3O8S2. The molecule has 0 saturated heterocycles. The van der Waals surface area contributed by atoms with Crippen LogP contribution in [0.2, 0.25) is 0 Å². The Hall–Kier alpha value is -5.66. The number of thiazole rings is 1. The fourth-order valence-corrected chi connectivity index (χ4v) is 7.43. The number of rotatable bonds is 10. The third kappa shape index (κ3) is 6.91. The van der Waals surface area contributed by atoms with Crippen molar-refractivity contribution in [3.8, 4) is 5.75 Å². The number of hydrogen-bond donors (Lipinski definition) is 0. The highest BCUT2D eigenvalue weighted by molar-refractivity contribution is 7.87. The van der Waals surface area contributed by atoms with Crippen molar-refractivity contribution in [2.45, 2.75) is 37.6 Å². The lowest BCUT2D eigenvalue weighted by Gasteiger charge is -2.26. The summed E-state index contributed by atoms with van der Waals surface area (Å²) in [4.78, 5) is 43.2. The molecule has 0 radical (unpaired) electrons. The van der Waals surface area contributed by atoms with Crippen LogP contribution in [0.3, 0.4) is 0 Å². The van der Waals surface area contributed by atoms with Gasteiger partial charge in [0.15, 0.2) is 4.80 Å². The molecule has 1 aromatic heterocycles. The number of nitro groups is 1. The Morgan fingerprint density at radius 2 is 1.64 bits per heavy atom. The Balaban J connectivity index is 1.42. The van der Waals surface area contributed by atoms with E-state index in [0.717, 1.165) is 35.4 Å². The molecule has 1 atom stereocenters. The van der Waals surface area contributed by atoms with Gasteiger partial charge in [-0.3, -0.25) is 19.5 Å². The summed E-state index contributed by atoms with van der Waals surface area (Å²) in [7, 11) is -4.26. The Bertz CT molecular complexity index is 2400. The van der Waals surface area contributed by atoms with Gasteiger partial charge in [0, 0.05) is 17.7 Å². The van der Waals surface area contributed by atoms with Gasteiger partial charge in [-0.2, -0.15) is 8.42 Å². The van der Waals surface area contributed by atoms with E-state index < -0.39 is 27.1 Å². The maximum Gasteiger partial charge on any atom is 0.339 e. The third-order valence-corrected chi connectivity index (χ3v) is 10.3. The maximum absolute atomic E-state index is 14.2. The van der Waals surface area contributed by atoms with E-state index in [-0.39, 0.29) is 40.0 Å². The van der Waals surface area contributed by atoms with Crippen LogP contribution >= 0.6 is 11.3 Å². The smallest absolute Gasteiger partial charge is 0.339 e. The lowest BCUT2D eigenvalue weighted by atomic mass is 9.91. The largest absolute Gasteiger partial charge is 0.463 e. The number of ether oxygens (including phenoxy) is 1. The van der Waals surface area contributed by atoms with Crippen LogP contribution in [0.1, 0.15) is 55.0 Å². The maximum atomic E-state index is 14.2. The average molecular weight is 710 g/mol. The van der Waals surface area contributed by atoms with E-state index in [1.54, 1.807) is 25.1 Å². The van der Waals surface area contributed by atoms with Gasteiger partial charge in [0.2, 0.25) is 0 Å². The summed E-state index contributed by atoms with van der Waals surface area (Å²) in [6, 6.07) is 26.8. The minimum absolute atomic E-state index is 0.0124. The van der Waals surface area contributed by atoms with E-state index in [2.05, 4.69) is 13.8 Å². The van der Waals surface area contributed by atoms with Crippen molar-refractivity contribution in [3.05, 3.63) is 161 Å². The van der Waals surface area contributed by atoms with Crippen molar-refractivity contribution in [2.24, 2.45) is 4.99 Å². The molecule has 0 spiro atoms. The highest BCUT2D eigenvalue weighted by atomic mass is 32.2. The number of non-ortho nitro benzene ring substituents is 1. The molecule has 0 bridgehead atoms. The van der Waals surface area contributed by atoms with E-state index in [0.29, 0.717) is 26.2 Å². The van der Waals surface area contributed by atoms with Gasteiger partial charge in [0.05, 0.1) is 33.4 Å². The molecule has 5 aromatic rings. The summed E-state index contributed by atoms with van der Waals surface area (Å²) < 4.78 is 38.2. The Morgan fingerprint density at radius 3 is 2.24 bits per heavy atom. The first-order chi connectivity index (χ1) is 24.0. The molecule has 0 amide bonds. The van der Waals surface area contributed by atoms with Crippen LogP contribution in [-0.2, 0) is 19.6 Å². The summed E-state index contributed by atoms with van der Waals surface area (Å²) in [5.74, 6) is -0.273. The summed E-state index contributed by atoms with van der Waals surface area (Å²) in [5.41, 5.74) is 3.19. The second-order valence-corrected chi connectivity index (χ2v) is 14.2. The zero-order valence-corrected chi connectivity index (χ0v) is 28.8. The van der Waals surface area contributed by atoms with Gasteiger partial charge < -0.3 is 8.92 Å². The first-order valence-corrected chi connectivity index (χ1v) is 17.9.